The van der Waals surface area contributed by atoms with Crippen LogP contribution in [0.15, 0.2) is 90.9 Å². The quantitative estimate of drug-likeness (QED) is 0.0175. The maximum absolute atomic E-state index is 15.3. The normalized spacial score (nSPS) is 24.1. The van der Waals surface area contributed by atoms with Gasteiger partial charge in [0.2, 0.25) is 65.0 Å². The number of carboxylic acids is 4. The van der Waals surface area contributed by atoms with Gasteiger partial charge in [0.1, 0.15) is 71.9 Å². The van der Waals surface area contributed by atoms with Gasteiger partial charge >= 0.3 is 29.8 Å². The van der Waals surface area contributed by atoms with Gasteiger partial charge in [-0.15, -0.1) is 0 Å². The van der Waals surface area contributed by atoms with E-state index in [1.54, 1.807) is 55.5 Å². The molecule has 0 saturated carbocycles. The lowest BCUT2D eigenvalue weighted by Gasteiger charge is -2.29. The third kappa shape index (κ3) is 22.6. The van der Waals surface area contributed by atoms with Crippen LogP contribution in [0.5, 0.6) is 5.75 Å². The van der Waals surface area contributed by atoms with Crippen molar-refractivity contribution in [2.75, 3.05) is 13.2 Å². The highest BCUT2D eigenvalue weighted by atomic mass is 16.6. The number of esters is 1. The predicted octanol–water partition coefficient (Wildman–Crippen LogP) is -5.21. The number of amides is 12. The van der Waals surface area contributed by atoms with Crippen molar-refractivity contribution in [1.29, 1.82) is 0 Å². The lowest BCUT2D eigenvalue weighted by atomic mass is 9.96. The number of carbonyl (C=O) groups excluding carboxylic acids is 13. The number of nitrogens with one attached hydrogen (secondary N) is 13. The van der Waals surface area contributed by atoms with E-state index in [0.29, 0.717) is 34.6 Å². The van der Waals surface area contributed by atoms with Crippen LogP contribution < -0.4 is 64.2 Å². The van der Waals surface area contributed by atoms with Gasteiger partial charge in [-0.05, 0) is 60.7 Å². The Morgan fingerprint density at radius 2 is 1.19 bits per heavy atom. The molecule has 572 valence electrons. The van der Waals surface area contributed by atoms with Crippen molar-refractivity contribution in [3.05, 3.63) is 108 Å². The van der Waals surface area contributed by atoms with E-state index in [4.69, 9.17) is 15.2 Å². The van der Waals surface area contributed by atoms with E-state index >= 15 is 14.4 Å². The summed E-state index contributed by atoms with van der Waals surface area (Å²) in [5.41, 5.74) is 5.33. The van der Waals surface area contributed by atoms with E-state index < -0.39 is 242 Å². The zero-order valence-corrected chi connectivity index (χ0v) is 57.1. The summed E-state index contributed by atoms with van der Waals surface area (Å²) in [7, 11) is 0. The van der Waals surface area contributed by atoms with Crippen LogP contribution in [0.3, 0.4) is 0 Å². The number of aliphatic hydroxyl groups excluding tert-OH is 2. The monoisotopic (exact) mass is 1490 g/mol. The van der Waals surface area contributed by atoms with Gasteiger partial charge < -0.3 is 119 Å². The summed E-state index contributed by atoms with van der Waals surface area (Å²) in [6, 6.07) is -3.50. The maximum Gasteiger partial charge on any atom is 0.355 e. The Bertz CT molecular complexity index is 4290. The largest absolute Gasteiger partial charge is 0.508 e. The number of nitrogens with two attached hydrogens (primary N) is 1. The number of para-hydroxylation sites is 2. The summed E-state index contributed by atoms with van der Waals surface area (Å²) in [5, 5.41) is 96.2. The molecule has 2 aliphatic rings. The molecular weight excluding hydrogens is 1420 g/mol. The molecule has 2 fully saturated rings. The Balaban J connectivity index is 1.39. The van der Waals surface area contributed by atoms with Crippen LogP contribution in [0.25, 0.3) is 27.9 Å². The number of H-pyrrole nitrogens is 2. The second-order valence-electron chi connectivity index (χ2n) is 24.9. The molecule has 14 unspecified atom stereocenters. The predicted molar refractivity (Wildman–Crippen MR) is 363 cm³/mol. The second-order valence-corrected chi connectivity index (χ2v) is 24.9. The number of ether oxygens (including phenoxy) is 2. The van der Waals surface area contributed by atoms with Gasteiger partial charge in [-0.2, -0.15) is 0 Å². The Morgan fingerprint density at radius 3 is 1.78 bits per heavy atom. The molecule has 14 atom stereocenters. The molecule has 40 heteroatoms. The number of primary amides is 1. The fourth-order valence-electron chi connectivity index (χ4n) is 11.2. The number of hydrogen-bond acceptors (Lipinski definition) is 22. The molecule has 2 saturated heterocycles. The number of aromatic nitrogens is 2. The molecule has 4 heterocycles. The number of phenolic OH excluding ortho intramolecular Hbond substituents is 1. The Labute approximate surface area is 604 Å². The van der Waals surface area contributed by atoms with Crippen LogP contribution in [-0.2, 0) is 97.4 Å². The minimum Gasteiger partial charge on any atom is -0.508 e. The molecule has 2 aromatic heterocycles. The van der Waals surface area contributed by atoms with E-state index in [1.165, 1.54) is 12.4 Å². The highest BCUT2D eigenvalue weighted by Gasteiger charge is 2.46. The van der Waals surface area contributed by atoms with Gasteiger partial charge in [-0.25, -0.2) is 4.79 Å². The molecule has 0 aliphatic carbocycles. The van der Waals surface area contributed by atoms with Gasteiger partial charge in [0.25, 0.3) is 5.91 Å². The smallest absolute Gasteiger partial charge is 0.355 e. The highest BCUT2D eigenvalue weighted by Crippen LogP contribution is 2.28. The van der Waals surface area contributed by atoms with Crippen LogP contribution in [0, 0.1) is 5.92 Å². The van der Waals surface area contributed by atoms with Gasteiger partial charge in [0.05, 0.1) is 44.9 Å². The molecule has 22 N–H and O–H groups in total. The van der Waals surface area contributed by atoms with E-state index in [2.05, 4.69) is 47.2 Å². The molecule has 2 aliphatic heterocycles. The number of aromatic amines is 2. The maximum atomic E-state index is 15.3. The van der Waals surface area contributed by atoms with E-state index in [0.717, 1.165) is 44.2 Å². The molecule has 12 amide bonds. The topological polar surface area (TPSA) is 643 Å². The number of cyclic esters (lactones) is 1. The molecule has 5 aromatic rings. The van der Waals surface area contributed by atoms with Crippen LogP contribution in [0.1, 0.15) is 82.0 Å². The zero-order chi connectivity index (χ0) is 78.7. The van der Waals surface area contributed by atoms with Gasteiger partial charge in [-0.3, -0.25) is 76.7 Å². The summed E-state index contributed by atoms with van der Waals surface area (Å²) < 4.78 is 11.3. The lowest BCUT2D eigenvalue weighted by Crippen LogP contribution is -2.62. The molecular formula is C67H78N14O26. The fraction of sp³-hybridized carbons (Fsp3) is 0.388. The van der Waals surface area contributed by atoms with E-state index in [1.807, 2.05) is 21.3 Å². The number of aliphatic carboxylic acids is 4. The van der Waals surface area contributed by atoms with Crippen LogP contribution >= 0.6 is 0 Å². The van der Waals surface area contributed by atoms with Crippen LogP contribution in [0.2, 0.25) is 0 Å². The Kier molecular flexibility index (Phi) is 28.2. The van der Waals surface area contributed by atoms with E-state index in [9.17, 15) is 103 Å². The number of carbonyl (C=O) groups is 17. The number of hydrogen-bond donors (Lipinski definition) is 21. The van der Waals surface area contributed by atoms with Crippen molar-refractivity contribution in [3.8, 4) is 5.75 Å². The number of fused-ring (bicyclic) bond motifs is 2. The Morgan fingerprint density at radius 1 is 0.636 bits per heavy atom. The SMILES string of the molecule is CCCC1OC1C(=O)NC(CO)C(=O)NC1C(=O)NC(Cc2c[nH]c3ccccc23)C(=O)NC(CC(=O)O)C(=O)NC(CC(=O)O)C(=O)NC(c2ccc(O)cc2)C(=O)NC(CC(=O)O)C(=O)NCC(=O)NC(C(O)C(N)=O)C(=O)NC(C(C)CC(=O)O)C(=O)NC(=Cc2c[nH]c3ccccc23)C(=O)OC1C. The van der Waals surface area contributed by atoms with Crippen molar-refractivity contribution >= 4 is 129 Å². The van der Waals surface area contributed by atoms with Crippen LogP contribution in [-0.4, -0.2) is 232 Å². The molecule has 7 rings (SSSR count). The summed E-state index contributed by atoms with van der Waals surface area (Å²) in [5.74, 6) is -28.5. The summed E-state index contributed by atoms with van der Waals surface area (Å²) >= 11 is 0. The number of aliphatic hydroxyl groups is 2. The third-order valence-electron chi connectivity index (χ3n) is 16.8. The van der Waals surface area contributed by atoms with Crippen molar-refractivity contribution < 1.29 is 127 Å². The number of rotatable bonds is 22. The minimum atomic E-state index is -2.74. The number of benzene rings is 3. The molecule has 3 aromatic carbocycles. The molecule has 40 nitrogen and oxygen atoms in total. The lowest BCUT2D eigenvalue weighted by molar-refractivity contribution is -0.150. The van der Waals surface area contributed by atoms with Crippen molar-refractivity contribution in [2.24, 2.45) is 11.7 Å². The van der Waals surface area contributed by atoms with Gasteiger partial charge in [0, 0.05) is 46.2 Å². The van der Waals surface area contributed by atoms with Crippen molar-refractivity contribution in [2.45, 2.75) is 145 Å². The molecule has 0 bridgehead atoms. The first kappa shape index (κ1) is 81.4. The minimum absolute atomic E-state index is 0.0911. The average molecular weight is 1500 g/mol. The molecule has 0 spiro atoms. The molecule has 0 radical (unpaired) electrons. The number of carboxylic acid groups (broad SMARTS) is 4. The van der Waals surface area contributed by atoms with E-state index in [-0.39, 0.29) is 16.7 Å². The molecule has 107 heavy (non-hydrogen) atoms. The number of epoxide rings is 1. The highest BCUT2D eigenvalue weighted by molar-refractivity contribution is 6.05. The average Bonchev–Trinajstić information content (AvgIpc) is 1.78. The summed E-state index contributed by atoms with van der Waals surface area (Å²) in [4.78, 5) is 241. The number of phenols is 1. The van der Waals surface area contributed by atoms with Gasteiger partial charge in [0.15, 0.2) is 12.2 Å². The standard InChI is InChI=1S/C67H78N14O26/c1-4-9-44-55(107-44)66(104)77-43(27-82)61(99)80-51-29(3)106-67(105)42(20-32-25-70-37-13-8-6-11-35(32)37)76-62(100)50(28(2)18-46(85)86)79-65(103)53(54(93)56(68)94)78-45(84)26-71-57(95)39(21-47(87)88)75-64(102)52(30-14-16-33(83)17-15-30)81-60(98)41(23-49(91)92)73-59(97)40(22-48(89)90)72-58(96)38(74-63(51)101)19-31-24-69-36-12-7-5-10-34(31)36/h5-8,10-17,20,24-25,28-29,38-41,43-44,50-55,69-70,82-83,93H,4,9,18-19,21-23,26-27H2,1-3H3,(H2,68,94)(H,71,95)(H,72,96)(H,73,97)(H,74,101)(H,75,102)(H,76,100)(H,77,104)(H,78,84)(H,79,103)(H,80,99)(H,81,98)(H,85,86)(H,87,88)(H,89,90)(H,91,92). The Hall–Kier alpha value is -12.9. The summed E-state index contributed by atoms with van der Waals surface area (Å²) in [6.45, 7) is 1.38. The van der Waals surface area contributed by atoms with Crippen LogP contribution in [0.4, 0.5) is 0 Å². The zero-order valence-electron chi connectivity index (χ0n) is 57.1. The van der Waals surface area contributed by atoms with Crippen molar-refractivity contribution in [1.82, 2.24) is 68.5 Å². The van der Waals surface area contributed by atoms with Crippen molar-refractivity contribution in [3.63, 3.8) is 0 Å². The third-order valence-corrected chi connectivity index (χ3v) is 16.8. The first-order chi connectivity index (χ1) is 50.7. The second kappa shape index (κ2) is 37.0. The van der Waals surface area contributed by atoms with Gasteiger partial charge in [-0.1, -0.05) is 68.8 Å². The number of aromatic hydroxyl groups is 1. The first-order valence-electron chi connectivity index (χ1n) is 32.9. The first-order valence-corrected chi connectivity index (χ1v) is 32.9. The summed E-state index contributed by atoms with van der Waals surface area (Å²) in [6.07, 6.45) is -7.46. The fourth-order valence-corrected chi connectivity index (χ4v) is 11.2.